The molecule has 2 N–H and O–H groups in total. The molecule has 0 spiro atoms. The normalized spacial score (nSPS) is 16.1. The highest BCUT2D eigenvalue weighted by molar-refractivity contribution is 5.89. The summed E-state index contributed by atoms with van der Waals surface area (Å²) in [5.74, 6) is -2.01. The van der Waals surface area contributed by atoms with Crippen molar-refractivity contribution in [1.82, 2.24) is 5.16 Å². The van der Waals surface area contributed by atoms with E-state index in [9.17, 15) is 13.9 Å². The van der Waals surface area contributed by atoms with Crippen LogP contribution in [0.2, 0.25) is 0 Å². The van der Waals surface area contributed by atoms with Crippen molar-refractivity contribution in [3.63, 3.8) is 0 Å². The Balaban J connectivity index is 1.65. The Morgan fingerprint density at radius 3 is 2.59 bits per heavy atom. The van der Waals surface area contributed by atoms with E-state index in [-0.39, 0.29) is 35.0 Å². The van der Waals surface area contributed by atoms with Crippen LogP contribution in [0.1, 0.15) is 17.4 Å². The van der Waals surface area contributed by atoms with Crippen molar-refractivity contribution in [2.24, 2.45) is 0 Å². The van der Waals surface area contributed by atoms with Crippen LogP contribution in [0.5, 0.6) is 0 Å². The molecule has 0 bridgehead atoms. The van der Waals surface area contributed by atoms with E-state index in [4.69, 9.17) is 14.0 Å². The lowest BCUT2D eigenvalue weighted by molar-refractivity contribution is -0.0467. The molecule has 0 aliphatic carbocycles. The van der Waals surface area contributed by atoms with Crippen LogP contribution in [0.15, 0.2) is 40.9 Å². The van der Waals surface area contributed by atoms with Crippen molar-refractivity contribution < 1.29 is 27.9 Å². The van der Waals surface area contributed by atoms with Gasteiger partial charge in [-0.05, 0) is 18.1 Å². The number of hydrogen-bond acceptors (Lipinski definition) is 6. The third-order valence-corrected chi connectivity index (χ3v) is 4.44. The predicted molar refractivity (Wildman–Crippen MR) is 93.2 cm³/mol. The van der Waals surface area contributed by atoms with E-state index in [1.54, 1.807) is 0 Å². The summed E-state index contributed by atoms with van der Waals surface area (Å²) in [7, 11) is 0. The van der Waals surface area contributed by atoms with Gasteiger partial charge in [0.25, 0.3) is 0 Å². The number of anilines is 1. The van der Waals surface area contributed by atoms with E-state index in [1.165, 1.54) is 6.07 Å². The molecule has 0 amide bonds. The van der Waals surface area contributed by atoms with E-state index in [0.717, 1.165) is 5.56 Å². The Hall–Kier alpha value is -2.55. The second-order valence-corrected chi connectivity index (χ2v) is 6.29. The first kappa shape index (κ1) is 17.8. The van der Waals surface area contributed by atoms with Crippen molar-refractivity contribution in [3.8, 4) is 0 Å². The van der Waals surface area contributed by atoms with Crippen LogP contribution in [0.25, 0.3) is 11.0 Å². The number of rotatable bonds is 6. The van der Waals surface area contributed by atoms with E-state index >= 15 is 0 Å². The van der Waals surface area contributed by atoms with Gasteiger partial charge in [-0.15, -0.1) is 0 Å². The number of ether oxygens (including phenoxy) is 2. The highest BCUT2D eigenvalue weighted by Gasteiger charge is 2.28. The van der Waals surface area contributed by atoms with Gasteiger partial charge in [0.1, 0.15) is 0 Å². The zero-order valence-corrected chi connectivity index (χ0v) is 14.3. The van der Waals surface area contributed by atoms with Gasteiger partial charge in [0.15, 0.2) is 17.9 Å². The maximum absolute atomic E-state index is 14.4. The molecule has 1 fully saturated rings. The molecule has 1 atom stereocenters. The zero-order valence-electron chi connectivity index (χ0n) is 14.3. The molecular weight excluding hydrogens is 358 g/mol. The van der Waals surface area contributed by atoms with E-state index < -0.39 is 17.9 Å². The number of nitrogens with one attached hydrogen (secondary N) is 1. The summed E-state index contributed by atoms with van der Waals surface area (Å²) in [5, 5.41) is 16.8. The molecule has 0 unspecified atom stereocenters. The minimum absolute atomic E-state index is 0.0487. The molecule has 1 saturated heterocycles. The van der Waals surface area contributed by atoms with Gasteiger partial charge in [-0.1, -0.05) is 35.5 Å². The molecule has 2 heterocycles. The monoisotopic (exact) mass is 376 g/mol. The van der Waals surface area contributed by atoms with Crippen LogP contribution < -0.4 is 5.32 Å². The Morgan fingerprint density at radius 2 is 1.89 bits per heavy atom. The summed E-state index contributed by atoms with van der Waals surface area (Å²) < 4.78 is 44.3. The second-order valence-electron chi connectivity index (χ2n) is 6.29. The first-order valence-electron chi connectivity index (χ1n) is 8.59. The van der Waals surface area contributed by atoms with Gasteiger partial charge < -0.3 is 24.4 Å². The number of hydrogen-bond donors (Lipinski definition) is 2. The number of aromatic nitrogens is 1. The predicted octanol–water partition coefficient (Wildman–Crippen LogP) is 3.17. The van der Waals surface area contributed by atoms with Crippen LogP contribution in [0.3, 0.4) is 0 Å². The fourth-order valence-corrected chi connectivity index (χ4v) is 3.10. The maximum atomic E-state index is 14.4. The van der Waals surface area contributed by atoms with Gasteiger partial charge in [0, 0.05) is 5.56 Å². The quantitative estimate of drug-likeness (QED) is 0.688. The van der Waals surface area contributed by atoms with Crippen LogP contribution in [0, 0.1) is 11.6 Å². The summed E-state index contributed by atoms with van der Waals surface area (Å²) in [4.78, 5) is 0. The zero-order chi connectivity index (χ0) is 18.8. The Kier molecular flexibility index (Phi) is 5.02. The number of aliphatic hydroxyl groups excluding tert-OH is 1. The fraction of sp³-hybridized carbons (Fsp3) is 0.316. The second kappa shape index (κ2) is 7.59. The largest absolute Gasteiger partial charge is 0.394 e. The summed E-state index contributed by atoms with van der Waals surface area (Å²) in [5.41, 5.74) is 0.669. The number of benzene rings is 2. The highest BCUT2D eigenvalue weighted by Crippen LogP contribution is 2.34. The topological polar surface area (TPSA) is 76.8 Å². The standard InChI is InChI=1S/C19H18F2N2O4/c20-15-13(19-25-6-7-26-19)9-14-17(16(15)21)27-23-18(14)22-12(10-24)8-11-4-2-1-3-5-11/h1-5,9,12,19,24H,6-8,10H2,(H,22,23)/t12-/m0/s1. The lowest BCUT2D eigenvalue weighted by Gasteiger charge is -2.16. The summed E-state index contributed by atoms with van der Waals surface area (Å²) in [6.45, 7) is 0.443. The molecule has 0 saturated carbocycles. The Labute approximate surface area is 153 Å². The van der Waals surface area contributed by atoms with Crippen molar-refractivity contribution in [3.05, 3.63) is 59.2 Å². The lowest BCUT2D eigenvalue weighted by atomic mass is 10.1. The van der Waals surface area contributed by atoms with E-state index in [1.807, 2.05) is 30.3 Å². The number of nitrogens with zero attached hydrogens (tertiary/aromatic N) is 1. The fourth-order valence-electron chi connectivity index (χ4n) is 3.10. The van der Waals surface area contributed by atoms with Gasteiger partial charge in [-0.25, -0.2) is 4.39 Å². The highest BCUT2D eigenvalue weighted by atomic mass is 19.2. The summed E-state index contributed by atoms with van der Waals surface area (Å²) in [6, 6.07) is 10.6. The van der Waals surface area contributed by atoms with Gasteiger partial charge in [-0.2, -0.15) is 4.39 Å². The lowest BCUT2D eigenvalue weighted by Crippen LogP contribution is -2.26. The van der Waals surface area contributed by atoms with Crippen LogP contribution in [-0.2, 0) is 15.9 Å². The molecule has 2 aromatic carbocycles. The molecular formula is C19H18F2N2O4. The first-order chi connectivity index (χ1) is 13.2. The molecule has 1 aromatic heterocycles. The van der Waals surface area contributed by atoms with Crippen molar-refractivity contribution in [2.75, 3.05) is 25.1 Å². The van der Waals surface area contributed by atoms with Gasteiger partial charge in [0.2, 0.25) is 11.4 Å². The molecule has 4 rings (SSSR count). The van der Waals surface area contributed by atoms with Crippen molar-refractivity contribution in [1.29, 1.82) is 0 Å². The number of fused-ring (bicyclic) bond motifs is 1. The van der Waals surface area contributed by atoms with Gasteiger partial charge in [-0.3, -0.25) is 0 Å². The Morgan fingerprint density at radius 1 is 1.15 bits per heavy atom. The molecule has 27 heavy (non-hydrogen) atoms. The van der Waals surface area contributed by atoms with Crippen molar-refractivity contribution >= 4 is 16.8 Å². The van der Waals surface area contributed by atoms with E-state index in [2.05, 4.69) is 10.5 Å². The Bertz CT molecular complexity index is 926. The van der Waals surface area contributed by atoms with Crippen molar-refractivity contribution in [2.45, 2.75) is 18.8 Å². The summed E-state index contributed by atoms with van der Waals surface area (Å²) >= 11 is 0. The van der Waals surface area contributed by atoms with Crippen LogP contribution in [-0.4, -0.2) is 36.1 Å². The minimum atomic E-state index is -1.15. The smallest absolute Gasteiger partial charge is 0.207 e. The number of aliphatic hydroxyl groups is 1. The molecule has 8 heteroatoms. The molecule has 3 aromatic rings. The SMILES string of the molecule is OC[C@H](Cc1ccccc1)Nc1noc2c(F)c(F)c(C3OCCO3)cc12. The third kappa shape index (κ3) is 3.51. The molecule has 142 valence electrons. The third-order valence-electron chi connectivity index (χ3n) is 4.44. The molecule has 1 aliphatic rings. The minimum Gasteiger partial charge on any atom is -0.394 e. The summed E-state index contributed by atoms with van der Waals surface area (Å²) in [6.07, 6.45) is -0.443. The average molecular weight is 376 g/mol. The average Bonchev–Trinajstić information content (AvgIpc) is 3.35. The molecule has 1 aliphatic heterocycles. The van der Waals surface area contributed by atoms with Gasteiger partial charge in [0.05, 0.1) is 31.2 Å². The van der Waals surface area contributed by atoms with E-state index in [0.29, 0.717) is 19.6 Å². The maximum Gasteiger partial charge on any atom is 0.207 e. The van der Waals surface area contributed by atoms with Gasteiger partial charge >= 0.3 is 0 Å². The first-order valence-corrected chi connectivity index (χ1v) is 8.59. The van der Waals surface area contributed by atoms with Crippen LogP contribution >= 0.6 is 0 Å². The molecule has 6 nitrogen and oxygen atoms in total. The van der Waals surface area contributed by atoms with Crippen LogP contribution in [0.4, 0.5) is 14.6 Å². The number of halogens is 2. The molecule has 0 radical (unpaired) electrons.